The van der Waals surface area contributed by atoms with Crippen LogP contribution in [0.3, 0.4) is 0 Å². The van der Waals surface area contributed by atoms with Crippen LogP contribution in [0.25, 0.3) is 0 Å². The number of carbonyl (C=O) groups excluding carboxylic acids is 1. The van der Waals surface area contributed by atoms with Crippen molar-refractivity contribution in [2.24, 2.45) is 0 Å². The molecule has 22 heavy (non-hydrogen) atoms. The normalized spacial score (nSPS) is 15.2. The van der Waals surface area contributed by atoms with Gasteiger partial charge in [0, 0.05) is 38.4 Å². The minimum atomic E-state index is -0.355. The molecule has 0 N–H and O–H groups in total. The molecule has 3 heterocycles. The van der Waals surface area contributed by atoms with Crippen molar-refractivity contribution in [1.82, 2.24) is 19.7 Å². The lowest BCUT2D eigenvalue weighted by molar-refractivity contribution is -0.132. The Kier molecular flexibility index (Phi) is 4.24. The summed E-state index contributed by atoms with van der Waals surface area (Å²) in [6.45, 7) is 2.65. The summed E-state index contributed by atoms with van der Waals surface area (Å²) in [4.78, 5) is 19.9. The van der Waals surface area contributed by atoms with Crippen LogP contribution in [0.1, 0.15) is 0 Å². The van der Waals surface area contributed by atoms with E-state index in [0.717, 1.165) is 5.69 Å². The lowest BCUT2D eigenvalue weighted by Gasteiger charge is -2.35. The second-order valence-electron chi connectivity index (χ2n) is 5.09. The topological polar surface area (TPSA) is 54.3 Å². The van der Waals surface area contributed by atoms with E-state index in [2.05, 4.69) is 10.1 Å². The highest BCUT2D eigenvalue weighted by Gasteiger charge is 2.22. The molecule has 0 saturated carbocycles. The maximum absolute atomic E-state index is 13.2. The minimum absolute atomic E-state index is 0.00298. The van der Waals surface area contributed by atoms with Crippen LogP contribution >= 0.6 is 11.6 Å². The molecule has 116 valence electrons. The molecule has 0 bridgehead atoms. The fourth-order valence-electron chi connectivity index (χ4n) is 2.45. The van der Waals surface area contributed by atoms with Crippen LogP contribution in [0.15, 0.2) is 30.9 Å². The van der Waals surface area contributed by atoms with Crippen molar-refractivity contribution in [3.05, 3.63) is 41.7 Å². The van der Waals surface area contributed by atoms with E-state index in [1.165, 1.54) is 23.1 Å². The van der Waals surface area contributed by atoms with Crippen molar-refractivity contribution >= 4 is 23.2 Å². The molecule has 2 aromatic rings. The smallest absolute Gasteiger partial charge is 0.244 e. The summed E-state index contributed by atoms with van der Waals surface area (Å²) in [6.07, 6.45) is 5.93. The zero-order chi connectivity index (χ0) is 15.5. The molecule has 0 atom stereocenters. The molecule has 0 unspecified atom stereocenters. The third kappa shape index (κ3) is 3.36. The average molecular weight is 324 g/mol. The third-order valence-corrected chi connectivity index (χ3v) is 3.78. The molecule has 0 aromatic carbocycles. The molecule has 1 saturated heterocycles. The van der Waals surface area contributed by atoms with Gasteiger partial charge < -0.3 is 9.80 Å². The molecule has 0 aliphatic carbocycles. The van der Waals surface area contributed by atoms with Gasteiger partial charge in [-0.05, 0) is 0 Å². The molecule has 1 aliphatic heterocycles. The van der Waals surface area contributed by atoms with Crippen molar-refractivity contribution < 1.29 is 9.18 Å². The Hall–Kier alpha value is -2.15. The van der Waals surface area contributed by atoms with Gasteiger partial charge in [0.2, 0.25) is 5.91 Å². The van der Waals surface area contributed by atoms with Crippen molar-refractivity contribution in [3.63, 3.8) is 0 Å². The molecule has 0 spiro atoms. The number of hydrogen-bond donors (Lipinski definition) is 0. The second kappa shape index (κ2) is 6.31. The van der Waals surface area contributed by atoms with Crippen LogP contribution in [0.5, 0.6) is 0 Å². The van der Waals surface area contributed by atoms with Crippen LogP contribution in [-0.4, -0.2) is 51.8 Å². The molecule has 2 aromatic heterocycles. The summed E-state index contributed by atoms with van der Waals surface area (Å²) in [5.74, 6) is -0.358. The number of aromatic nitrogens is 3. The Bertz CT molecular complexity index is 669. The molecular formula is C14H15ClFN5O. The number of hydrogen-bond acceptors (Lipinski definition) is 4. The summed E-state index contributed by atoms with van der Waals surface area (Å²) in [5, 5.41) is 4.51. The van der Waals surface area contributed by atoms with Gasteiger partial charge in [0.05, 0.1) is 29.3 Å². The van der Waals surface area contributed by atoms with Crippen molar-refractivity contribution in [3.8, 4) is 0 Å². The van der Waals surface area contributed by atoms with Gasteiger partial charge in [-0.2, -0.15) is 5.10 Å². The highest BCUT2D eigenvalue weighted by Crippen LogP contribution is 2.16. The zero-order valence-electron chi connectivity index (χ0n) is 11.8. The molecular weight excluding hydrogens is 309 g/mol. The Morgan fingerprint density at radius 2 is 2.00 bits per heavy atom. The lowest BCUT2D eigenvalue weighted by Crippen LogP contribution is -2.49. The van der Waals surface area contributed by atoms with Gasteiger partial charge in [-0.15, -0.1) is 0 Å². The fourth-order valence-corrected chi connectivity index (χ4v) is 2.61. The number of carbonyl (C=O) groups is 1. The van der Waals surface area contributed by atoms with Crippen molar-refractivity contribution in [2.75, 3.05) is 31.1 Å². The highest BCUT2D eigenvalue weighted by atomic mass is 35.5. The molecule has 1 fully saturated rings. The molecule has 3 rings (SSSR count). The number of amides is 1. The van der Waals surface area contributed by atoms with E-state index in [0.29, 0.717) is 31.2 Å². The maximum atomic E-state index is 13.2. The number of rotatable bonds is 3. The quantitative estimate of drug-likeness (QED) is 0.857. The summed E-state index contributed by atoms with van der Waals surface area (Å²) < 4.78 is 14.7. The number of halogens is 2. The summed E-state index contributed by atoms with van der Waals surface area (Å²) in [5.41, 5.74) is 0.742. The molecule has 6 nitrogen and oxygen atoms in total. The largest absolute Gasteiger partial charge is 0.367 e. The van der Waals surface area contributed by atoms with Crippen molar-refractivity contribution in [1.29, 1.82) is 0 Å². The Morgan fingerprint density at radius 1 is 1.23 bits per heavy atom. The fraction of sp³-hybridized carbons (Fsp3) is 0.357. The van der Waals surface area contributed by atoms with Crippen LogP contribution in [0.2, 0.25) is 5.02 Å². The van der Waals surface area contributed by atoms with Gasteiger partial charge in [0.15, 0.2) is 0 Å². The summed E-state index contributed by atoms with van der Waals surface area (Å²) in [6, 6.07) is 1.45. The Morgan fingerprint density at radius 3 is 2.64 bits per heavy atom. The van der Waals surface area contributed by atoms with E-state index in [4.69, 9.17) is 11.6 Å². The highest BCUT2D eigenvalue weighted by molar-refractivity contribution is 6.30. The number of nitrogens with zero attached hydrogens (tertiary/aromatic N) is 5. The third-order valence-electron chi connectivity index (χ3n) is 3.59. The maximum Gasteiger partial charge on any atom is 0.244 e. The average Bonchev–Trinajstić information content (AvgIpc) is 2.92. The van der Waals surface area contributed by atoms with E-state index >= 15 is 0 Å². The van der Waals surface area contributed by atoms with Gasteiger partial charge in [-0.25, -0.2) is 4.39 Å². The lowest BCUT2D eigenvalue weighted by atomic mass is 10.2. The SMILES string of the molecule is O=C(Cn1cc(Cl)cn1)N1CCN(c2cncc(F)c2)CC1. The van der Waals surface area contributed by atoms with Gasteiger partial charge >= 0.3 is 0 Å². The zero-order valence-corrected chi connectivity index (χ0v) is 12.6. The second-order valence-corrected chi connectivity index (χ2v) is 5.52. The van der Waals surface area contributed by atoms with Crippen molar-refractivity contribution in [2.45, 2.75) is 6.54 Å². The predicted octanol–water partition coefficient (Wildman–Crippen LogP) is 1.42. The summed E-state index contributed by atoms with van der Waals surface area (Å²) >= 11 is 5.78. The van der Waals surface area contributed by atoms with E-state index in [1.807, 2.05) is 4.90 Å². The minimum Gasteiger partial charge on any atom is -0.367 e. The molecule has 1 amide bonds. The van der Waals surface area contributed by atoms with Gasteiger partial charge in [0.25, 0.3) is 0 Å². The molecule has 0 radical (unpaired) electrons. The molecule has 1 aliphatic rings. The predicted molar refractivity (Wildman–Crippen MR) is 80.2 cm³/mol. The first-order valence-electron chi connectivity index (χ1n) is 6.93. The van der Waals surface area contributed by atoms with Gasteiger partial charge in [-0.3, -0.25) is 14.5 Å². The Labute approximate surface area is 132 Å². The first kappa shape index (κ1) is 14.8. The monoisotopic (exact) mass is 323 g/mol. The first-order chi connectivity index (χ1) is 10.6. The van der Waals surface area contributed by atoms with E-state index in [-0.39, 0.29) is 18.3 Å². The number of pyridine rings is 1. The molecule has 8 heteroatoms. The van der Waals surface area contributed by atoms with E-state index < -0.39 is 0 Å². The Balaban J connectivity index is 1.56. The number of piperazine rings is 1. The van der Waals surface area contributed by atoms with Crippen LogP contribution in [-0.2, 0) is 11.3 Å². The van der Waals surface area contributed by atoms with E-state index in [1.54, 1.807) is 17.3 Å². The van der Waals surface area contributed by atoms with E-state index in [9.17, 15) is 9.18 Å². The van der Waals surface area contributed by atoms with Gasteiger partial charge in [0.1, 0.15) is 12.4 Å². The number of anilines is 1. The van der Waals surface area contributed by atoms with Crippen LogP contribution < -0.4 is 4.90 Å². The van der Waals surface area contributed by atoms with Gasteiger partial charge in [-0.1, -0.05) is 11.6 Å². The van der Waals surface area contributed by atoms with Crippen LogP contribution in [0.4, 0.5) is 10.1 Å². The van der Waals surface area contributed by atoms with Crippen LogP contribution in [0, 0.1) is 5.82 Å². The standard InChI is InChI=1S/C14H15ClFN5O/c15-11-6-18-21(9-11)10-14(22)20-3-1-19(2-4-20)13-5-12(16)7-17-8-13/h5-9H,1-4,10H2. The summed E-state index contributed by atoms with van der Waals surface area (Å²) in [7, 11) is 0. The first-order valence-corrected chi connectivity index (χ1v) is 7.31.